The van der Waals surface area contributed by atoms with Crippen LogP contribution in [0, 0.1) is 11.6 Å². The summed E-state index contributed by atoms with van der Waals surface area (Å²) < 4.78 is 54.9. The van der Waals surface area contributed by atoms with Crippen molar-refractivity contribution in [3.63, 3.8) is 0 Å². The summed E-state index contributed by atoms with van der Waals surface area (Å²) in [5.41, 5.74) is 1.03. The number of hydrogen-bond acceptors (Lipinski definition) is 4. The van der Waals surface area contributed by atoms with Crippen LogP contribution in [0.4, 0.5) is 20.2 Å². The smallest absolute Gasteiger partial charge is 0.261 e. The minimum atomic E-state index is -4.00. The Hall–Kier alpha value is -3.46. The van der Waals surface area contributed by atoms with Gasteiger partial charge in [0.25, 0.3) is 15.9 Å². The van der Waals surface area contributed by atoms with Crippen LogP contribution in [0.1, 0.15) is 10.4 Å². The largest absolute Gasteiger partial charge is 0.366 e. The van der Waals surface area contributed by atoms with Gasteiger partial charge in [-0.25, -0.2) is 17.2 Å². The number of carbonyl (C=O) groups is 1. The summed E-state index contributed by atoms with van der Waals surface area (Å²) in [6, 6.07) is 17.3. The molecule has 4 rings (SSSR count). The zero-order valence-corrected chi connectivity index (χ0v) is 17.9. The molecule has 0 aliphatic carbocycles. The molecule has 1 heterocycles. The highest BCUT2D eigenvalue weighted by Gasteiger charge is 2.24. The number of anilines is 2. The highest BCUT2D eigenvalue weighted by Crippen LogP contribution is 2.22. The van der Waals surface area contributed by atoms with Crippen molar-refractivity contribution in [2.45, 2.75) is 4.90 Å². The first-order chi connectivity index (χ1) is 15.3. The number of benzene rings is 3. The maximum absolute atomic E-state index is 14.0. The molecule has 0 radical (unpaired) electrons. The van der Waals surface area contributed by atoms with Crippen LogP contribution in [0.25, 0.3) is 0 Å². The molecule has 32 heavy (non-hydrogen) atoms. The second-order valence-corrected chi connectivity index (χ2v) is 9.06. The van der Waals surface area contributed by atoms with E-state index in [0.29, 0.717) is 37.4 Å². The number of nitrogens with one attached hydrogen (secondary N) is 1. The fourth-order valence-electron chi connectivity index (χ4n) is 3.61. The monoisotopic (exact) mass is 457 g/mol. The van der Waals surface area contributed by atoms with E-state index in [1.807, 2.05) is 4.90 Å². The molecule has 0 bridgehead atoms. The molecule has 0 saturated carbocycles. The van der Waals surface area contributed by atoms with Gasteiger partial charge in [-0.3, -0.25) is 9.52 Å². The number of amides is 1. The molecule has 9 heteroatoms. The fourth-order valence-corrected chi connectivity index (χ4v) is 4.69. The van der Waals surface area contributed by atoms with Crippen molar-refractivity contribution in [2.75, 3.05) is 35.8 Å². The van der Waals surface area contributed by atoms with Gasteiger partial charge >= 0.3 is 0 Å². The SMILES string of the molecule is O=C(c1cccc(NS(=O)(=O)c2cccc(F)c2)c1)N1CCN(c2ccccc2F)CC1. The first-order valence-electron chi connectivity index (χ1n) is 10.0. The molecule has 3 aromatic carbocycles. The maximum Gasteiger partial charge on any atom is 0.261 e. The van der Waals surface area contributed by atoms with Crippen LogP contribution < -0.4 is 9.62 Å². The second kappa shape index (κ2) is 8.96. The Balaban J connectivity index is 1.44. The van der Waals surface area contributed by atoms with Crippen LogP contribution in [0.3, 0.4) is 0 Å². The molecule has 1 aliphatic rings. The molecule has 1 N–H and O–H groups in total. The number of halogens is 2. The molecule has 0 spiro atoms. The topological polar surface area (TPSA) is 69.7 Å². The Morgan fingerprint density at radius 2 is 1.56 bits per heavy atom. The van der Waals surface area contributed by atoms with Crippen LogP contribution in [0.5, 0.6) is 0 Å². The molecule has 3 aromatic rings. The van der Waals surface area contributed by atoms with Gasteiger partial charge in [-0.05, 0) is 48.5 Å². The zero-order chi connectivity index (χ0) is 22.7. The van der Waals surface area contributed by atoms with E-state index in [0.717, 1.165) is 12.1 Å². The third-order valence-electron chi connectivity index (χ3n) is 5.23. The van der Waals surface area contributed by atoms with Gasteiger partial charge in [-0.15, -0.1) is 0 Å². The van der Waals surface area contributed by atoms with E-state index in [2.05, 4.69) is 4.72 Å². The maximum atomic E-state index is 14.0. The third-order valence-corrected chi connectivity index (χ3v) is 6.61. The number of sulfonamides is 1. The number of carbonyl (C=O) groups excluding carboxylic acids is 1. The lowest BCUT2D eigenvalue weighted by atomic mass is 10.1. The molecule has 0 atom stereocenters. The van der Waals surface area contributed by atoms with Crippen LogP contribution >= 0.6 is 0 Å². The van der Waals surface area contributed by atoms with Gasteiger partial charge < -0.3 is 9.80 Å². The molecule has 1 saturated heterocycles. The zero-order valence-electron chi connectivity index (χ0n) is 17.0. The lowest BCUT2D eigenvalue weighted by Gasteiger charge is -2.36. The predicted molar refractivity (Wildman–Crippen MR) is 118 cm³/mol. The normalized spacial score (nSPS) is 14.3. The van der Waals surface area contributed by atoms with Crippen LogP contribution in [-0.2, 0) is 10.0 Å². The fraction of sp³-hybridized carbons (Fsp3) is 0.174. The quantitative estimate of drug-likeness (QED) is 0.634. The van der Waals surface area contributed by atoms with Crippen LogP contribution in [-0.4, -0.2) is 45.4 Å². The van der Waals surface area contributed by atoms with Crippen molar-refractivity contribution in [2.24, 2.45) is 0 Å². The Bertz CT molecular complexity index is 1240. The van der Waals surface area contributed by atoms with Gasteiger partial charge in [-0.1, -0.05) is 24.3 Å². The first-order valence-corrected chi connectivity index (χ1v) is 11.5. The van der Waals surface area contributed by atoms with Crippen molar-refractivity contribution in [3.8, 4) is 0 Å². The van der Waals surface area contributed by atoms with E-state index in [-0.39, 0.29) is 22.3 Å². The molecule has 1 fully saturated rings. The van der Waals surface area contributed by atoms with Gasteiger partial charge in [-0.2, -0.15) is 0 Å². The summed E-state index contributed by atoms with van der Waals surface area (Å²) >= 11 is 0. The standard InChI is InChI=1S/C23H21F2N3O3S/c24-18-6-4-8-20(16-18)32(30,31)26-19-7-3-5-17(15-19)23(29)28-13-11-27(12-14-28)22-10-2-1-9-21(22)25/h1-10,15-16,26H,11-14H2. The minimum absolute atomic E-state index is 0.199. The predicted octanol–water partition coefficient (Wildman–Crippen LogP) is 3.73. The van der Waals surface area contributed by atoms with Crippen LogP contribution in [0.15, 0.2) is 77.7 Å². The van der Waals surface area contributed by atoms with E-state index in [1.54, 1.807) is 35.2 Å². The number of rotatable bonds is 5. The molecule has 0 unspecified atom stereocenters. The molecule has 166 valence electrons. The first kappa shape index (κ1) is 21.8. The molecule has 6 nitrogen and oxygen atoms in total. The average Bonchev–Trinajstić information content (AvgIpc) is 2.79. The number of hydrogen-bond donors (Lipinski definition) is 1. The third kappa shape index (κ3) is 4.72. The number of nitrogens with zero attached hydrogens (tertiary/aromatic N) is 2. The van der Waals surface area contributed by atoms with Gasteiger partial charge in [0.15, 0.2) is 0 Å². The van der Waals surface area contributed by atoms with Crippen molar-refractivity contribution < 1.29 is 22.0 Å². The van der Waals surface area contributed by atoms with Gasteiger partial charge in [0.1, 0.15) is 11.6 Å². The highest BCUT2D eigenvalue weighted by atomic mass is 32.2. The summed E-state index contributed by atoms with van der Waals surface area (Å²) in [6.45, 7) is 1.79. The Kier molecular flexibility index (Phi) is 6.09. The highest BCUT2D eigenvalue weighted by molar-refractivity contribution is 7.92. The summed E-state index contributed by atoms with van der Waals surface area (Å²) in [7, 11) is -4.00. The van der Waals surface area contributed by atoms with E-state index in [1.165, 1.54) is 30.3 Å². The van der Waals surface area contributed by atoms with Crippen molar-refractivity contribution in [1.29, 1.82) is 0 Å². The molecule has 0 aromatic heterocycles. The van der Waals surface area contributed by atoms with Gasteiger partial charge in [0, 0.05) is 37.4 Å². The Labute approximate surface area is 185 Å². The Morgan fingerprint density at radius 3 is 2.28 bits per heavy atom. The van der Waals surface area contributed by atoms with E-state index in [4.69, 9.17) is 0 Å². The van der Waals surface area contributed by atoms with Crippen molar-refractivity contribution in [1.82, 2.24) is 4.90 Å². The Morgan fingerprint density at radius 1 is 0.844 bits per heavy atom. The lowest BCUT2D eigenvalue weighted by molar-refractivity contribution is 0.0746. The lowest BCUT2D eigenvalue weighted by Crippen LogP contribution is -2.49. The number of piperazine rings is 1. The van der Waals surface area contributed by atoms with E-state index < -0.39 is 15.8 Å². The molecule has 1 aliphatic heterocycles. The summed E-state index contributed by atoms with van der Waals surface area (Å²) in [4.78, 5) is 16.3. The minimum Gasteiger partial charge on any atom is -0.366 e. The number of para-hydroxylation sites is 1. The average molecular weight is 458 g/mol. The van der Waals surface area contributed by atoms with Crippen LogP contribution in [0.2, 0.25) is 0 Å². The molecule has 1 amide bonds. The van der Waals surface area contributed by atoms with Gasteiger partial charge in [0.2, 0.25) is 0 Å². The summed E-state index contributed by atoms with van der Waals surface area (Å²) in [6.07, 6.45) is 0. The van der Waals surface area contributed by atoms with E-state index in [9.17, 15) is 22.0 Å². The molecular weight excluding hydrogens is 436 g/mol. The summed E-state index contributed by atoms with van der Waals surface area (Å²) in [5.74, 6) is -1.21. The van der Waals surface area contributed by atoms with Gasteiger partial charge in [0.05, 0.1) is 10.6 Å². The van der Waals surface area contributed by atoms with Crippen molar-refractivity contribution >= 4 is 27.3 Å². The summed E-state index contributed by atoms with van der Waals surface area (Å²) in [5, 5.41) is 0. The second-order valence-electron chi connectivity index (χ2n) is 7.37. The van der Waals surface area contributed by atoms with E-state index >= 15 is 0 Å². The van der Waals surface area contributed by atoms with Crippen molar-refractivity contribution in [3.05, 3.63) is 90.0 Å². The molecular formula is C23H21F2N3O3S.